The van der Waals surface area contributed by atoms with Gasteiger partial charge in [0.2, 0.25) is 0 Å². The third-order valence-corrected chi connectivity index (χ3v) is 20.4. The van der Waals surface area contributed by atoms with Gasteiger partial charge < -0.3 is 18.3 Å². The van der Waals surface area contributed by atoms with Crippen LogP contribution in [0.15, 0.2) is 267 Å². The van der Waals surface area contributed by atoms with Gasteiger partial charge in [-0.2, -0.15) is 0 Å². The van der Waals surface area contributed by atoms with Gasteiger partial charge in [0.25, 0.3) is 0 Å². The smallest absolute Gasteiger partial charge is 0.168 e. The van der Waals surface area contributed by atoms with Crippen molar-refractivity contribution in [3.8, 4) is 91.1 Å². The minimum absolute atomic E-state index is 0.454. The molecule has 0 bridgehead atoms. The minimum atomic E-state index is 0.454. The number of rotatable bonds is 10. The SMILES string of the molecule is Cc1ccc2c(c1)c1cc(C)ccc1n2-c1c(-c2nc(-c3ccccc3)nc(-c3ccccc3)n2)c(-n2c3ccc(C)cc3c3cc(C)ccc32)c(-n2c3ccc(C)cc3c3cc(C)ccc32)c(-c2nc(-c3ccccc3)nc(-c3ccccc3)n2)c1-n1c2ccc(C)cc2c2cc(C)ccc21. The molecule has 0 spiro atoms. The van der Waals surface area contributed by atoms with Crippen molar-refractivity contribution >= 4 is 87.2 Å². The van der Waals surface area contributed by atoms with Crippen LogP contribution in [0.2, 0.25) is 0 Å². The topological polar surface area (TPSA) is 97.1 Å². The molecule has 0 amide bonds. The first kappa shape index (κ1) is 60.3. The summed E-state index contributed by atoms with van der Waals surface area (Å²) < 4.78 is 10.1. The third-order valence-electron chi connectivity index (χ3n) is 20.4. The average molecular weight is 1310 g/mol. The van der Waals surface area contributed by atoms with Gasteiger partial charge in [-0.25, -0.2) is 29.9 Å². The highest BCUT2D eigenvalue weighted by atomic mass is 15.2. The van der Waals surface area contributed by atoms with Gasteiger partial charge in [-0.3, -0.25) is 0 Å². The molecule has 10 nitrogen and oxygen atoms in total. The number of benzene rings is 13. The van der Waals surface area contributed by atoms with Gasteiger partial charge in [0.05, 0.1) is 78.0 Å². The number of hydrogen-bond donors (Lipinski definition) is 0. The van der Waals surface area contributed by atoms with E-state index in [1.807, 2.05) is 24.3 Å². The predicted octanol–water partition coefficient (Wildman–Crippen LogP) is 22.9. The number of nitrogens with zero attached hydrogens (tertiary/aromatic N) is 10. The summed E-state index contributed by atoms with van der Waals surface area (Å²) >= 11 is 0. The second-order valence-electron chi connectivity index (χ2n) is 27.7. The van der Waals surface area contributed by atoms with Crippen molar-refractivity contribution in [2.45, 2.75) is 55.4 Å². The van der Waals surface area contributed by atoms with Crippen molar-refractivity contribution in [2.24, 2.45) is 0 Å². The van der Waals surface area contributed by atoms with Crippen LogP contribution in [0.25, 0.3) is 178 Å². The lowest BCUT2D eigenvalue weighted by Crippen LogP contribution is -2.18. The van der Waals surface area contributed by atoms with Gasteiger partial charge in [0.1, 0.15) is 0 Å². The number of aryl methyl sites for hydroxylation is 8. The molecular weight excluding hydrogens is 1250 g/mol. The Bertz CT molecular complexity index is 5660. The second kappa shape index (κ2) is 23.4. The lowest BCUT2D eigenvalue weighted by molar-refractivity contribution is 1.01. The summed E-state index contributed by atoms with van der Waals surface area (Å²) in [7, 11) is 0. The highest BCUT2D eigenvalue weighted by Gasteiger charge is 2.38. The standard InChI is InChI=1S/C92H68N10/c1-53-29-37-73-65(45-53)66-46-54(2)30-38-74(66)99(73)83-81(91-95-87(61-21-13-9-14-22-61)93-88(96-91)62-23-15-10-16-24-62)85(101-77-41-33-57(5)49-69(77)70-50-58(6)34-42-78(70)101)86(102-79-43-35-59(7)51-71(79)72-52-60(8)36-44-80(72)102)82(84(83)100-75-39-31-55(3)47-67(75)68-48-56(4)32-40-76(68)100)92-97-89(63-25-17-11-18-26-63)94-90(98-92)64-27-19-12-20-28-64/h9-52H,1-8H3. The first-order valence-corrected chi connectivity index (χ1v) is 34.9. The third kappa shape index (κ3) is 9.61. The van der Waals surface area contributed by atoms with E-state index in [0.29, 0.717) is 34.9 Å². The maximum absolute atomic E-state index is 6.06. The van der Waals surface area contributed by atoms with Gasteiger partial charge in [0.15, 0.2) is 34.9 Å². The number of hydrogen-bond acceptors (Lipinski definition) is 6. The molecule has 0 atom stereocenters. The van der Waals surface area contributed by atoms with Crippen molar-refractivity contribution < 1.29 is 0 Å². The number of fused-ring (bicyclic) bond motifs is 12. The van der Waals surface area contributed by atoms with E-state index in [0.717, 1.165) is 188 Å². The lowest BCUT2D eigenvalue weighted by atomic mass is 9.95. The Morgan fingerprint density at radius 2 is 0.333 bits per heavy atom. The van der Waals surface area contributed by atoms with E-state index in [-0.39, 0.29) is 0 Å². The van der Waals surface area contributed by atoms with Crippen LogP contribution in [0.1, 0.15) is 44.5 Å². The fraction of sp³-hybridized carbons (Fsp3) is 0.0870. The Morgan fingerprint density at radius 3 is 0.500 bits per heavy atom. The molecule has 6 aromatic heterocycles. The molecule has 486 valence electrons. The molecule has 0 saturated heterocycles. The molecule has 0 aliphatic rings. The van der Waals surface area contributed by atoms with Crippen LogP contribution in [0.4, 0.5) is 0 Å². The molecule has 0 saturated carbocycles. The first-order valence-electron chi connectivity index (χ1n) is 34.9. The molecular formula is C92H68N10. The summed E-state index contributed by atoms with van der Waals surface area (Å²) in [5.74, 6) is 3.00. The zero-order valence-corrected chi connectivity index (χ0v) is 57.9. The van der Waals surface area contributed by atoms with Crippen LogP contribution < -0.4 is 0 Å². The monoisotopic (exact) mass is 1310 g/mol. The molecule has 0 N–H and O–H groups in total. The number of aromatic nitrogens is 10. The van der Waals surface area contributed by atoms with E-state index in [1.165, 1.54) is 0 Å². The summed E-state index contributed by atoms with van der Waals surface area (Å²) in [6.45, 7) is 17.5. The highest BCUT2D eigenvalue weighted by molar-refractivity contribution is 6.19. The van der Waals surface area contributed by atoms with E-state index < -0.39 is 0 Å². The average Bonchev–Trinajstić information content (AvgIpc) is 1.44. The van der Waals surface area contributed by atoms with E-state index >= 15 is 0 Å². The molecule has 0 aliphatic carbocycles. The molecule has 0 radical (unpaired) electrons. The van der Waals surface area contributed by atoms with Crippen LogP contribution in [-0.4, -0.2) is 48.2 Å². The Morgan fingerprint density at radius 1 is 0.176 bits per heavy atom. The van der Waals surface area contributed by atoms with Crippen LogP contribution in [0.5, 0.6) is 0 Å². The normalized spacial score (nSPS) is 11.9. The minimum Gasteiger partial charge on any atom is -0.306 e. The van der Waals surface area contributed by atoms with Gasteiger partial charge in [-0.15, -0.1) is 0 Å². The van der Waals surface area contributed by atoms with E-state index in [9.17, 15) is 0 Å². The van der Waals surface area contributed by atoms with Crippen molar-refractivity contribution in [1.29, 1.82) is 0 Å². The summed E-state index contributed by atoms with van der Waals surface area (Å²) in [5.41, 5.74) is 25.1. The van der Waals surface area contributed by atoms with Crippen molar-refractivity contribution in [3.63, 3.8) is 0 Å². The lowest BCUT2D eigenvalue weighted by Gasteiger charge is -2.30. The highest BCUT2D eigenvalue weighted by Crippen LogP contribution is 2.55. The Balaban J connectivity index is 1.21. The largest absolute Gasteiger partial charge is 0.306 e. The maximum atomic E-state index is 6.06. The maximum Gasteiger partial charge on any atom is 0.168 e. The zero-order valence-electron chi connectivity index (χ0n) is 57.9. The molecule has 13 aromatic carbocycles. The van der Waals surface area contributed by atoms with E-state index in [1.54, 1.807) is 0 Å². The van der Waals surface area contributed by atoms with Crippen LogP contribution in [0.3, 0.4) is 0 Å². The van der Waals surface area contributed by atoms with Gasteiger partial charge in [0, 0.05) is 65.3 Å². The fourth-order valence-corrected chi connectivity index (χ4v) is 15.8. The van der Waals surface area contributed by atoms with Crippen LogP contribution in [-0.2, 0) is 0 Å². The molecule has 0 fully saturated rings. The molecule has 0 unspecified atom stereocenters. The van der Waals surface area contributed by atoms with Crippen molar-refractivity contribution in [2.75, 3.05) is 0 Å². The Hall–Kier alpha value is -12.9. The Kier molecular flexibility index (Phi) is 13.8. The van der Waals surface area contributed by atoms with Gasteiger partial charge in [-0.05, 0) is 152 Å². The first-order chi connectivity index (χ1) is 49.8. The van der Waals surface area contributed by atoms with Crippen molar-refractivity contribution in [3.05, 3.63) is 311 Å². The van der Waals surface area contributed by atoms with Crippen LogP contribution in [0, 0.1) is 55.4 Å². The molecule has 6 heterocycles. The van der Waals surface area contributed by atoms with Crippen molar-refractivity contribution in [1.82, 2.24) is 48.2 Å². The van der Waals surface area contributed by atoms with E-state index in [4.69, 9.17) is 29.9 Å². The summed E-state index contributed by atoms with van der Waals surface area (Å²) in [6, 6.07) is 96.8. The summed E-state index contributed by atoms with van der Waals surface area (Å²) in [6.07, 6.45) is 0. The second-order valence-corrected chi connectivity index (χ2v) is 27.7. The summed E-state index contributed by atoms with van der Waals surface area (Å²) in [4.78, 5) is 35.3. The van der Waals surface area contributed by atoms with E-state index in [2.05, 4.69) is 316 Å². The molecule has 19 rings (SSSR count). The fourth-order valence-electron chi connectivity index (χ4n) is 15.8. The zero-order chi connectivity index (χ0) is 68.8. The molecule has 0 aliphatic heterocycles. The summed E-state index contributed by atoms with van der Waals surface area (Å²) in [5, 5.41) is 8.82. The van der Waals surface area contributed by atoms with Crippen LogP contribution >= 0.6 is 0 Å². The quantitative estimate of drug-likeness (QED) is 0.135. The Labute approximate surface area is 589 Å². The molecule has 19 aromatic rings. The predicted molar refractivity (Wildman–Crippen MR) is 421 cm³/mol. The van der Waals surface area contributed by atoms with Gasteiger partial charge >= 0.3 is 0 Å². The molecule has 102 heavy (non-hydrogen) atoms. The van der Waals surface area contributed by atoms with Gasteiger partial charge in [-0.1, -0.05) is 214 Å². The molecule has 10 heteroatoms.